The third-order valence-corrected chi connectivity index (χ3v) is 2.72. The highest BCUT2D eigenvalue weighted by molar-refractivity contribution is 5.39. The Morgan fingerprint density at radius 3 is 2.63 bits per heavy atom. The van der Waals surface area contributed by atoms with Gasteiger partial charge in [-0.15, -0.1) is 0 Å². The fourth-order valence-electron chi connectivity index (χ4n) is 1.82. The molecule has 0 amide bonds. The van der Waals surface area contributed by atoms with Gasteiger partial charge in [0.15, 0.2) is 0 Å². The van der Waals surface area contributed by atoms with Crippen molar-refractivity contribution in [2.24, 2.45) is 5.84 Å². The van der Waals surface area contributed by atoms with Crippen LogP contribution in [-0.4, -0.2) is 9.97 Å². The molecule has 1 heterocycles. The molecule has 3 N–H and O–H groups in total. The van der Waals surface area contributed by atoms with Crippen LogP contribution in [0.5, 0.6) is 11.6 Å². The maximum atomic E-state index is 5.85. The molecule has 0 spiro atoms. The first-order valence-electron chi connectivity index (χ1n) is 6.19. The monoisotopic (exact) mass is 258 g/mol. The van der Waals surface area contributed by atoms with Crippen LogP contribution >= 0.6 is 0 Å². The minimum absolute atomic E-state index is 0.344. The first-order chi connectivity index (χ1) is 9.10. The number of anilines is 1. The molecule has 1 aromatic carbocycles. The zero-order chi connectivity index (χ0) is 13.8. The number of hydrogen-bond donors (Lipinski definition) is 2. The molecule has 0 aliphatic carbocycles. The van der Waals surface area contributed by atoms with Crippen LogP contribution < -0.4 is 16.0 Å². The highest BCUT2D eigenvalue weighted by Gasteiger charge is 2.09. The van der Waals surface area contributed by atoms with Gasteiger partial charge in [-0.3, -0.25) is 5.43 Å². The molecule has 0 aliphatic rings. The lowest BCUT2D eigenvalue weighted by atomic mass is 10.0. The van der Waals surface area contributed by atoms with Crippen LogP contribution in [0.25, 0.3) is 0 Å². The first kappa shape index (κ1) is 13.3. The highest BCUT2D eigenvalue weighted by atomic mass is 16.5. The fraction of sp³-hybridized carbons (Fsp3) is 0.286. The molecule has 1 aromatic heterocycles. The third-order valence-electron chi connectivity index (χ3n) is 2.72. The summed E-state index contributed by atoms with van der Waals surface area (Å²) in [6, 6.07) is 9.70. The number of nitrogens with one attached hydrogen (secondary N) is 1. The van der Waals surface area contributed by atoms with E-state index in [0.29, 0.717) is 17.7 Å². The van der Waals surface area contributed by atoms with Crippen molar-refractivity contribution in [2.45, 2.75) is 26.7 Å². The third kappa shape index (κ3) is 3.20. The van der Waals surface area contributed by atoms with Crippen LogP contribution in [0.4, 0.5) is 5.95 Å². The Hall–Kier alpha value is -2.14. The van der Waals surface area contributed by atoms with Crippen LogP contribution in [0, 0.1) is 6.92 Å². The van der Waals surface area contributed by atoms with Crippen LogP contribution in [-0.2, 0) is 0 Å². The number of nitrogens with zero attached hydrogens (tertiary/aromatic N) is 2. The van der Waals surface area contributed by atoms with Crippen molar-refractivity contribution in [3.8, 4) is 11.6 Å². The first-order valence-corrected chi connectivity index (χ1v) is 6.19. The molecule has 0 atom stereocenters. The van der Waals surface area contributed by atoms with E-state index >= 15 is 0 Å². The van der Waals surface area contributed by atoms with Gasteiger partial charge in [-0.2, -0.15) is 4.98 Å². The Morgan fingerprint density at radius 2 is 1.95 bits per heavy atom. The van der Waals surface area contributed by atoms with E-state index in [-0.39, 0.29) is 0 Å². The Balaban J connectivity index is 2.33. The van der Waals surface area contributed by atoms with Crippen molar-refractivity contribution < 1.29 is 4.74 Å². The summed E-state index contributed by atoms with van der Waals surface area (Å²) < 4.78 is 5.85. The van der Waals surface area contributed by atoms with E-state index in [2.05, 4.69) is 35.3 Å². The Morgan fingerprint density at radius 1 is 1.21 bits per heavy atom. The van der Waals surface area contributed by atoms with Gasteiger partial charge in [-0.25, -0.2) is 10.8 Å². The SMILES string of the molecule is Cc1cc(Oc2ccccc2C(C)C)nc(NN)n1. The van der Waals surface area contributed by atoms with E-state index in [9.17, 15) is 0 Å². The second-order valence-corrected chi connectivity index (χ2v) is 4.61. The molecule has 0 fully saturated rings. The number of ether oxygens (including phenoxy) is 1. The molecule has 0 saturated carbocycles. The highest BCUT2D eigenvalue weighted by Crippen LogP contribution is 2.29. The number of aromatic nitrogens is 2. The summed E-state index contributed by atoms with van der Waals surface area (Å²) in [6.45, 7) is 6.12. The quantitative estimate of drug-likeness (QED) is 0.651. The zero-order valence-electron chi connectivity index (χ0n) is 11.3. The molecule has 0 aliphatic heterocycles. The Labute approximate surface area is 112 Å². The summed E-state index contributed by atoms with van der Waals surface area (Å²) in [6.07, 6.45) is 0. The molecule has 0 bridgehead atoms. The normalized spacial score (nSPS) is 10.6. The summed E-state index contributed by atoms with van der Waals surface area (Å²) in [5.74, 6) is 7.34. The molecule has 2 rings (SSSR count). The second kappa shape index (κ2) is 5.67. The predicted octanol–water partition coefficient (Wildman–Crippen LogP) is 2.99. The average Bonchev–Trinajstić information content (AvgIpc) is 2.38. The van der Waals surface area contributed by atoms with Crippen LogP contribution in [0.1, 0.15) is 31.0 Å². The molecule has 5 heteroatoms. The van der Waals surface area contributed by atoms with Gasteiger partial charge in [0.2, 0.25) is 11.8 Å². The summed E-state index contributed by atoms with van der Waals surface area (Å²) in [7, 11) is 0. The minimum atomic E-state index is 0.344. The topological polar surface area (TPSA) is 73.1 Å². The Bertz CT molecular complexity index is 569. The molecule has 0 saturated heterocycles. The molecular formula is C14H18N4O. The van der Waals surface area contributed by atoms with Crippen LogP contribution in [0.2, 0.25) is 0 Å². The maximum absolute atomic E-state index is 5.85. The number of rotatable bonds is 4. The van der Waals surface area contributed by atoms with E-state index in [4.69, 9.17) is 10.6 Å². The number of benzene rings is 1. The molecular weight excluding hydrogens is 240 g/mol. The summed E-state index contributed by atoms with van der Waals surface area (Å²) in [5.41, 5.74) is 4.36. The summed E-state index contributed by atoms with van der Waals surface area (Å²) in [4.78, 5) is 8.30. The molecule has 0 radical (unpaired) electrons. The zero-order valence-corrected chi connectivity index (χ0v) is 11.3. The van der Waals surface area contributed by atoms with E-state index in [1.807, 2.05) is 25.1 Å². The number of nitrogen functional groups attached to an aromatic ring is 1. The predicted molar refractivity (Wildman–Crippen MR) is 75.2 cm³/mol. The molecule has 0 unspecified atom stereocenters. The number of hydrogen-bond acceptors (Lipinski definition) is 5. The van der Waals surface area contributed by atoms with E-state index in [1.165, 1.54) is 0 Å². The summed E-state index contributed by atoms with van der Waals surface area (Å²) in [5, 5.41) is 0. The average molecular weight is 258 g/mol. The number of para-hydroxylation sites is 1. The van der Waals surface area contributed by atoms with Crippen molar-refractivity contribution in [2.75, 3.05) is 5.43 Å². The largest absolute Gasteiger partial charge is 0.439 e. The van der Waals surface area contributed by atoms with Gasteiger partial charge in [0.25, 0.3) is 0 Å². The second-order valence-electron chi connectivity index (χ2n) is 4.61. The van der Waals surface area contributed by atoms with Gasteiger partial charge < -0.3 is 4.74 Å². The number of hydrazine groups is 1. The van der Waals surface area contributed by atoms with Gasteiger partial charge in [-0.05, 0) is 24.5 Å². The van der Waals surface area contributed by atoms with E-state index in [0.717, 1.165) is 17.0 Å². The number of nitrogens with two attached hydrogens (primary N) is 1. The van der Waals surface area contributed by atoms with Gasteiger partial charge in [-0.1, -0.05) is 32.0 Å². The molecule has 2 aromatic rings. The summed E-state index contributed by atoms with van der Waals surface area (Å²) >= 11 is 0. The minimum Gasteiger partial charge on any atom is -0.439 e. The van der Waals surface area contributed by atoms with Crippen LogP contribution in [0.15, 0.2) is 30.3 Å². The van der Waals surface area contributed by atoms with Crippen molar-refractivity contribution in [3.63, 3.8) is 0 Å². The van der Waals surface area contributed by atoms with E-state index < -0.39 is 0 Å². The standard InChI is InChI=1S/C14H18N4O/c1-9(2)11-6-4-5-7-12(11)19-13-8-10(3)16-14(17-13)18-15/h4-9H,15H2,1-3H3,(H,16,17,18). The molecule has 5 nitrogen and oxygen atoms in total. The van der Waals surface area contributed by atoms with Crippen LogP contribution in [0.3, 0.4) is 0 Å². The molecule has 19 heavy (non-hydrogen) atoms. The van der Waals surface area contributed by atoms with Crippen molar-refractivity contribution in [1.29, 1.82) is 0 Å². The number of aryl methyl sites for hydroxylation is 1. The lowest BCUT2D eigenvalue weighted by Crippen LogP contribution is -2.11. The lowest BCUT2D eigenvalue weighted by Gasteiger charge is -2.13. The molecule has 100 valence electrons. The van der Waals surface area contributed by atoms with E-state index in [1.54, 1.807) is 6.07 Å². The lowest BCUT2D eigenvalue weighted by molar-refractivity contribution is 0.453. The van der Waals surface area contributed by atoms with Gasteiger partial charge >= 0.3 is 0 Å². The van der Waals surface area contributed by atoms with Crippen molar-refractivity contribution >= 4 is 5.95 Å². The van der Waals surface area contributed by atoms with Gasteiger partial charge in [0.05, 0.1) is 0 Å². The fourth-order valence-corrected chi connectivity index (χ4v) is 1.82. The smallest absolute Gasteiger partial charge is 0.240 e. The van der Waals surface area contributed by atoms with Gasteiger partial charge in [0.1, 0.15) is 5.75 Å². The van der Waals surface area contributed by atoms with Crippen molar-refractivity contribution in [3.05, 3.63) is 41.6 Å². The van der Waals surface area contributed by atoms with Crippen molar-refractivity contribution in [1.82, 2.24) is 9.97 Å². The van der Waals surface area contributed by atoms with Gasteiger partial charge in [0, 0.05) is 11.8 Å². The Kier molecular flexibility index (Phi) is 3.97. The maximum Gasteiger partial charge on any atom is 0.240 e.